The molecule has 7 heteroatoms. The molecule has 0 bridgehead atoms. The van der Waals surface area contributed by atoms with Crippen molar-refractivity contribution >= 4 is 15.7 Å². The number of carbonyl (C=O) groups is 1. The Morgan fingerprint density at radius 3 is 2.41 bits per heavy atom. The molecule has 0 fully saturated rings. The number of methoxy groups -OCH3 is 1. The van der Waals surface area contributed by atoms with E-state index in [9.17, 15) is 13.2 Å². The third kappa shape index (κ3) is 2.56. The van der Waals surface area contributed by atoms with Gasteiger partial charge < -0.3 is 16.2 Å². The van der Waals surface area contributed by atoms with Crippen LogP contribution < -0.4 is 16.2 Å². The first-order valence-electron chi connectivity index (χ1n) is 4.74. The normalized spacial score (nSPS) is 13.1. The second-order valence-electron chi connectivity index (χ2n) is 3.50. The van der Waals surface area contributed by atoms with Crippen molar-refractivity contribution in [1.82, 2.24) is 0 Å². The Labute approximate surface area is 99.5 Å². The molecule has 1 atom stereocenters. The predicted octanol–water partition coefficient (Wildman–Crippen LogP) is -0.453. The standard InChI is InChI=1S/C10H14N2O4S/c1-6-5-7(3-4-8(6)16-2)17(14,15)10(12)9(11)13/h3-5,10H,12H2,1-2H3,(H2,11,13). The summed E-state index contributed by atoms with van der Waals surface area (Å²) in [7, 11) is -2.46. The molecule has 1 unspecified atom stereocenters. The highest BCUT2D eigenvalue weighted by atomic mass is 32.2. The molecule has 1 amide bonds. The first-order chi connectivity index (χ1) is 7.80. The lowest BCUT2D eigenvalue weighted by molar-refractivity contribution is -0.117. The summed E-state index contributed by atoms with van der Waals surface area (Å²) in [4.78, 5) is 10.8. The van der Waals surface area contributed by atoms with Gasteiger partial charge in [-0.2, -0.15) is 0 Å². The Morgan fingerprint density at radius 2 is 2.00 bits per heavy atom. The molecule has 1 rings (SSSR count). The number of rotatable bonds is 4. The summed E-state index contributed by atoms with van der Waals surface area (Å²) >= 11 is 0. The minimum atomic E-state index is -3.94. The average molecular weight is 258 g/mol. The van der Waals surface area contributed by atoms with E-state index in [-0.39, 0.29) is 4.90 Å². The highest BCUT2D eigenvalue weighted by molar-refractivity contribution is 7.92. The van der Waals surface area contributed by atoms with Gasteiger partial charge in [-0.3, -0.25) is 4.79 Å². The minimum absolute atomic E-state index is 0.0536. The highest BCUT2D eigenvalue weighted by Gasteiger charge is 2.28. The molecule has 1 aromatic rings. The van der Waals surface area contributed by atoms with Crippen molar-refractivity contribution in [2.75, 3.05) is 7.11 Å². The summed E-state index contributed by atoms with van der Waals surface area (Å²) in [6.07, 6.45) is 0. The van der Waals surface area contributed by atoms with E-state index in [1.807, 2.05) is 0 Å². The van der Waals surface area contributed by atoms with Crippen LogP contribution in [0.2, 0.25) is 0 Å². The van der Waals surface area contributed by atoms with E-state index in [4.69, 9.17) is 16.2 Å². The lowest BCUT2D eigenvalue weighted by atomic mass is 10.2. The van der Waals surface area contributed by atoms with Crippen LogP contribution in [0, 0.1) is 6.92 Å². The Hall–Kier alpha value is -1.60. The fourth-order valence-electron chi connectivity index (χ4n) is 1.33. The summed E-state index contributed by atoms with van der Waals surface area (Å²) in [5.74, 6) is -0.532. The van der Waals surface area contributed by atoms with Gasteiger partial charge >= 0.3 is 0 Å². The molecule has 1 aromatic carbocycles. The smallest absolute Gasteiger partial charge is 0.250 e. The van der Waals surface area contributed by atoms with Crippen LogP contribution in [0.3, 0.4) is 0 Å². The second kappa shape index (κ2) is 4.72. The topological polar surface area (TPSA) is 112 Å². The summed E-state index contributed by atoms with van der Waals surface area (Å²) < 4.78 is 28.7. The molecule has 6 nitrogen and oxygen atoms in total. The van der Waals surface area contributed by atoms with Gasteiger partial charge in [0.2, 0.25) is 15.7 Å². The molecule has 0 radical (unpaired) electrons. The van der Waals surface area contributed by atoms with Crippen LogP contribution in [-0.4, -0.2) is 26.8 Å². The Bertz CT molecular complexity index is 539. The van der Waals surface area contributed by atoms with Crippen LogP contribution in [0.1, 0.15) is 5.56 Å². The van der Waals surface area contributed by atoms with E-state index in [0.29, 0.717) is 11.3 Å². The SMILES string of the molecule is COc1ccc(S(=O)(=O)C(N)C(N)=O)cc1C. The average Bonchev–Trinajstić information content (AvgIpc) is 2.27. The maximum absolute atomic E-state index is 11.9. The number of sulfone groups is 1. The third-order valence-corrected chi connectivity index (χ3v) is 4.12. The predicted molar refractivity (Wildman–Crippen MR) is 62.1 cm³/mol. The maximum Gasteiger partial charge on any atom is 0.250 e. The highest BCUT2D eigenvalue weighted by Crippen LogP contribution is 2.22. The summed E-state index contributed by atoms with van der Waals surface area (Å²) in [5, 5.41) is -1.74. The number of primary amides is 1. The third-order valence-electron chi connectivity index (χ3n) is 2.31. The molecule has 17 heavy (non-hydrogen) atoms. The largest absolute Gasteiger partial charge is 0.496 e. The van der Waals surface area contributed by atoms with Gasteiger partial charge in [-0.1, -0.05) is 0 Å². The van der Waals surface area contributed by atoms with Gasteiger partial charge in [0, 0.05) is 0 Å². The van der Waals surface area contributed by atoms with Gasteiger partial charge in [-0.15, -0.1) is 0 Å². The van der Waals surface area contributed by atoms with Crippen LogP contribution in [0.5, 0.6) is 5.75 Å². The zero-order valence-corrected chi connectivity index (χ0v) is 10.3. The van der Waals surface area contributed by atoms with E-state index in [1.54, 1.807) is 6.92 Å². The van der Waals surface area contributed by atoms with E-state index in [2.05, 4.69) is 0 Å². The zero-order chi connectivity index (χ0) is 13.2. The molecule has 0 aliphatic heterocycles. The molecule has 0 heterocycles. The van der Waals surface area contributed by atoms with Gasteiger partial charge in [0.25, 0.3) is 0 Å². The molecule has 94 valence electrons. The monoisotopic (exact) mass is 258 g/mol. The molecule has 0 aliphatic carbocycles. The second-order valence-corrected chi connectivity index (χ2v) is 5.57. The number of ether oxygens (including phenoxy) is 1. The van der Waals surface area contributed by atoms with E-state index in [0.717, 1.165) is 0 Å². The molecular formula is C10H14N2O4S. The molecule has 0 aliphatic rings. The number of amides is 1. The van der Waals surface area contributed by atoms with Crippen molar-refractivity contribution in [2.45, 2.75) is 17.2 Å². The molecule has 0 saturated carbocycles. The van der Waals surface area contributed by atoms with Crippen molar-refractivity contribution in [2.24, 2.45) is 11.5 Å². The number of carbonyl (C=O) groups excluding carboxylic acids is 1. The zero-order valence-electron chi connectivity index (χ0n) is 9.51. The molecule has 0 aromatic heterocycles. The van der Waals surface area contributed by atoms with Crippen LogP contribution in [0.25, 0.3) is 0 Å². The molecule has 0 spiro atoms. The van der Waals surface area contributed by atoms with Crippen molar-refractivity contribution in [3.63, 3.8) is 0 Å². The van der Waals surface area contributed by atoms with Crippen LogP contribution >= 0.6 is 0 Å². The summed E-state index contributed by atoms with van der Waals surface area (Å²) in [6, 6.07) is 4.21. The lowest BCUT2D eigenvalue weighted by Crippen LogP contribution is -2.43. The molecular weight excluding hydrogens is 244 g/mol. The first-order valence-corrected chi connectivity index (χ1v) is 6.28. The number of benzene rings is 1. The molecule has 4 N–H and O–H groups in total. The van der Waals surface area contributed by atoms with Crippen LogP contribution in [0.15, 0.2) is 23.1 Å². The fourth-order valence-corrected chi connectivity index (χ4v) is 2.53. The van der Waals surface area contributed by atoms with Gasteiger partial charge in [0.15, 0.2) is 5.37 Å². The van der Waals surface area contributed by atoms with Crippen LogP contribution in [-0.2, 0) is 14.6 Å². The van der Waals surface area contributed by atoms with Gasteiger partial charge in [0.05, 0.1) is 12.0 Å². The fraction of sp³-hybridized carbons (Fsp3) is 0.300. The van der Waals surface area contributed by atoms with Crippen molar-refractivity contribution in [3.8, 4) is 5.75 Å². The van der Waals surface area contributed by atoms with Gasteiger partial charge in [0.1, 0.15) is 5.75 Å². The Balaban J connectivity index is 3.26. The maximum atomic E-state index is 11.9. The van der Waals surface area contributed by atoms with Crippen molar-refractivity contribution < 1.29 is 17.9 Å². The van der Waals surface area contributed by atoms with E-state index < -0.39 is 21.1 Å². The van der Waals surface area contributed by atoms with Crippen LogP contribution in [0.4, 0.5) is 0 Å². The number of hydrogen-bond donors (Lipinski definition) is 2. The minimum Gasteiger partial charge on any atom is -0.496 e. The Kier molecular flexibility index (Phi) is 3.74. The van der Waals surface area contributed by atoms with E-state index >= 15 is 0 Å². The van der Waals surface area contributed by atoms with Crippen molar-refractivity contribution in [3.05, 3.63) is 23.8 Å². The quantitative estimate of drug-likeness (QED) is 0.759. The van der Waals surface area contributed by atoms with Crippen molar-refractivity contribution in [1.29, 1.82) is 0 Å². The van der Waals surface area contributed by atoms with Gasteiger partial charge in [-0.05, 0) is 30.7 Å². The summed E-state index contributed by atoms with van der Waals surface area (Å²) in [5.41, 5.74) is 10.8. The molecule has 0 saturated heterocycles. The van der Waals surface area contributed by atoms with E-state index in [1.165, 1.54) is 25.3 Å². The first kappa shape index (κ1) is 13.5. The van der Waals surface area contributed by atoms with Gasteiger partial charge in [-0.25, -0.2) is 8.42 Å². The Morgan fingerprint density at radius 1 is 1.41 bits per heavy atom. The number of hydrogen-bond acceptors (Lipinski definition) is 5. The summed E-state index contributed by atoms with van der Waals surface area (Å²) in [6.45, 7) is 1.69. The number of nitrogens with two attached hydrogens (primary N) is 2. The lowest BCUT2D eigenvalue weighted by Gasteiger charge is -2.11. The number of aryl methyl sites for hydroxylation is 1.